The van der Waals surface area contributed by atoms with Crippen molar-refractivity contribution >= 4 is 17.7 Å². The van der Waals surface area contributed by atoms with E-state index >= 15 is 0 Å². The molecule has 0 aromatic carbocycles. The molecule has 5 aliphatic rings. The SMILES string of the molecule is CC(=O)O[C@@H]1C[C@@]23COC[C@](C)([C@@H]2CC[C@H]2C3=CC(=O)[C@@]3(C)[C@H](C(=O)O)[C@@](C)([C@H](C)C(C)C)CC[C@]23C)[C@H]1OC[C@](C)(N)C(C)C. The number of rotatable bonds is 8. The molecule has 1 aliphatic heterocycles. The van der Waals surface area contributed by atoms with Gasteiger partial charge in [-0.1, -0.05) is 67.9 Å². The Morgan fingerprint density at radius 1 is 1.09 bits per heavy atom. The van der Waals surface area contributed by atoms with Crippen LogP contribution in [0, 0.1) is 62.6 Å². The van der Waals surface area contributed by atoms with Crippen LogP contribution >= 0.6 is 0 Å². The molecule has 4 fully saturated rings. The summed E-state index contributed by atoms with van der Waals surface area (Å²) in [6.07, 6.45) is 4.77. The number of fused-ring (bicyclic) bond motifs is 3. The highest BCUT2D eigenvalue weighted by atomic mass is 16.6. The molecule has 12 atom stereocenters. The van der Waals surface area contributed by atoms with Crippen molar-refractivity contribution in [2.75, 3.05) is 19.8 Å². The van der Waals surface area contributed by atoms with Crippen molar-refractivity contribution in [3.8, 4) is 0 Å². The molecule has 0 unspecified atom stereocenters. The van der Waals surface area contributed by atoms with E-state index in [-0.39, 0.29) is 35.4 Å². The van der Waals surface area contributed by atoms with Crippen molar-refractivity contribution in [1.82, 2.24) is 0 Å². The number of aliphatic carboxylic acids is 1. The van der Waals surface area contributed by atoms with E-state index in [0.29, 0.717) is 32.2 Å². The van der Waals surface area contributed by atoms with Crippen molar-refractivity contribution in [3.63, 3.8) is 0 Å². The second-order valence-electron chi connectivity index (χ2n) is 18.0. The Bertz CT molecular complexity index is 1290. The van der Waals surface area contributed by atoms with Gasteiger partial charge >= 0.3 is 11.9 Å². The minimum atomic E-state index is -1.05. The molecule has 260 valence electrons. The number of carboxylic acids is 1. The van der Waals surface area contributed by atoms with Crippen molar-refractivity contribution < 1.29 is 33.7 Å². The topological polar surface area (TPSA) is 125 Å². The maximum atomic E-state index is 14.8. The van der Waals surface area contributed by atoms with E-state index in [2.05, 4.69) is 55.4 Å². The molecule has 46 heavy (non-hydrogen) atoms. The Kier molecular flexibility index (Phi) is 8.81. The van der Waals surface area contributed by atoms with Crippen LogP contribution in [-0.2, 0) is 28.6 Å². The smallest absolute Gasteiger partial charge is 0.308 e. The van der Waals surface area contributed by atoms with Gasteiger partial charge in [0.1, 0.15) is 12.2 Å². The average molecular weight is 644 g/mol. The summed E-state index contributed by atoms with van der Waals surface area (Å²) < 4.78 is 19.3. The molecular weight excluding hydrogens is 582 g/mol. The van der Waals surface area contributed by atoms with E-state index in [9.17, 15) is 19.5 Å². The Morgan fingerprint density at radius 2 is 1.74 bits per heavy atom. The highest BCUT2D eigenvalue weighted by Crippen LogP contribution is 2.74. The van der Waals surface area contributed by atoms with Gasteiger partial charge in [-0.3, -0.25) is 14.4 Å². The van der Waals surface area contributed by atoms with Gasteiger partial charge in [0.25, 0.3) is 0 Å². The van der Waals surface area contributed by atoms with E-state index < -0.39 is 56.7 Å². The lowest BCUT2D eigenvalue weighted by Crippen LogP contribution is -2.71. The molecule has 0 aromatic heterocycles. The first-order valence-electron chi connectivity index (χ1n) is 17.8. The van der Waals surface area contributed by atoms with Crippen LogP contribution in [0.3, 0.4) is 0 Å². The average Bonchev–Trinajstić information content (AvgIpc) is 2.93. The lowest BCUT2D eigenvalue weighted by atomic mass is 9.34. The normalized spacial score (nSPS) is 45.6. The number of allylic oxidation sites excluding steroid dienone is 1. The van der Waals surface area contributed by atoms with Crippen molar-refractivity contribution in [3.05, 3.63) is 11.6 Å². The van der Waals surface area contributed by atoms with Crippen LogP contribution in [0.25, 0.3) is 0 Å². The minimum Gasteiger partial charge on any atom is -0.481 e. The molecule has 1 heterocycles. The molecule has 0 amide bonds. The summed E-state index contributed by atoms with van der Waals surface area (Å²) in [5, 5.41) is 10.9. The fraction of sp³-hybridized carbons (Fsp3) is 0.868. The fourth-order valence-corrected chi connectivity index (χ4v) is 11.4. The molecule has 3 saturated carbocycles. The zero-order chi connectivity index (χ0) is 34.4. The largest absolute Gasteiger partial charge is 0.481 e. The first-order chi connectivity index (χ1) is 21.1. The number of nitrogens with two attached hydrogens (primary N) is 1. The molecule has 0 radical (unpaired) electrons. The molecule has 1 saturated heterocycles. The molecule has 5 rings (SSSR count). The maximum Gasteiger partial charge on any atom is 0.308 e. The van der Waals surface area contributed by atoms with Crippen LogP contribution < -0.4 is 5.73 Å². The van der Waals surface area contributed by atoms with Crippen LogP contribution in [0.4, 0.5) is 0 Å². The van der Waals surface area contributed by atoms with Gasteiger partial charge in [0.15, 0.2) is 5.78 Å². The predicted octanol–water partition coefficient (Wildman–Crippen LogP) is 6.44. The lowest BCUT2D eigenvalue weighted by molar-refractivity contribution is -0.268. The summed E-state index contributed by atoms with van der Waals surface area (Å²) in [5.41, 5.74) is 4.10. The second kappa shape index (κ2) is 11.4. The van der Waals surface area contributed by atoms with Gasteiger partial charge in [-0.2, -0.15) is 0 Å². The quantitative estimate of drug-likeness (QED) is 0.290. The second-order valence-corrected chi connectivity index (χ2v) is 18.0. The van der Waals surface area contributed by atoms with Crippen LogP contribution in [0.15, 0.2) is 11.6 Å². The third-order valence-corrected chi connectivity index (χ3v) is 15.2. The van der Waals surface area contributed by atoms with Crippen molar-refractivity contribution in [1.29, 1.82) is 0 Å². The number of carbonyl (C=O) groups is 3. The summed E-state index contributed by atoms with van der Waals surface area (Å²) in [7, 11) is 0. The van der Waals surface area contributed by atoms with Crippen molar-refractivity contribution in [2.45, 2.75) is 126 Å². The number of carboxylic acid groups (broad SMARTS) is 1. The van der Waals surface area contributed by atoms with E-state index in [4.69, 9.17) is 19.9 Å². The number of ketones is 1. The van der Waals surface area contributed by atoms with E-state index in [1.807, 2.05) is 19.9 Å². The van der Waals surface area contributed by atoms with E-state index in [1.165, 1.54) is 6.92 Å². The number of hydrogen-bond donors (Lipinski definition) is 2. The molecule has 0 spiro atoms. The zero-order valence-electron chi connectivity index (χ0n) is 30.3. The molecular formula is C38H61NO7. The number of ether oxygens (including phenoxy) is 3. The third kappa shape index (κ3) is 4.80. The standard InChI is InChI=1S/C38H61NO7/c1-21(2)23(5)33(7)14-15-35(9)25-12-13-28-34(8)18-44-20-38(28,26(25)16-29(41)37(35,11)30(33)32(42)43)17-27(46-24(6)40)31(34)45-19-36(10,39)22(3)4/h16,21-23,25,27-28,30-31H,12-15,17-20,39H2,1-11H3,(H,42,43)/t23-,25+,27-,28+,30-,31+,33-,34-,35-,36+,37+,38+/m1/s1. The number of carbonyl (C=O) groups excluding carboxylic acids is 2. The Balaban J connectivity index is 1.62. The maximum absolute atomic E-state index is 14.8. The first kappa shape index (κ1) is 35.5. The summed E-state index contributed by atoms with van der Waals surface area (Å²) in [6.45, 7) is 23.8. The van der Waals surface area contributed by atoms with E-state index in [1.54, 1.807) is 0 Å². The molecule has 8 nitrogen and oxygen atoms in total. The molecule has 2 bridgehead atoms. The fourth-order valence-electron chi connectivity index (χ4n) is 11.4. The Labute approximate surface area is 276 Å². The van der Waals surface area contributed by atoms with Crippen LogP contribution in [-0.4, -0.2) is 60.4 Å². The summed E-state index contributed by atoms with van der Waals surface area (Å²) in [5.74, 6) is -1.28. The Hall–Kier alpha value is -1.77. The van der Waals surface area contributed by atoms with Gasteiger partial charge in [0, 0.05) is 28.7 Å². The molecule has 3 N–H and O–H groups in total. The molecule has 0 aromatic rings. The summed E-state index contributed by atoms with van der Waals surface area (Å²) in [4.78, 5) is 40.7. The zero-order valence-corrected chi connectivity index (χ0v) is 30.3. The van der Waals surface area contributed by atoms with E-state index in [0.717, 1.165) is 31.3 Å². The van der Waals surface area contributed by atoms with Gasteiger partial charge in [-0.05, 0) is 85.5 Å². The van der Waals surface area contributed by atoms with Crippen LogP contribution in [0.1, 0.15) is 108 Å². The van der Waals surface area contributed by atoms with Gasteiger partial charge in [-0.25, -0.2) is 0 Å². The van der Waals surface area contributed by atoms with Gasteiger partial charge in [0.2, 0.25) is 0 Å². The third-order valence-electron chi connectivity index (χ3n) is 15.2. The molecule has 8 heteroatoms. The molecule has 4 aliphatic carbocycles. The van der Waals surface area contributed by atoms with Crippen molar-refractivity contribution in [2.24, 2.45) is 68.3 Å². The van der Waals surface area contributed by atoms with Crippen LogP contribution in [0.5, 0.6) is 0 Å². The number of hydrogen-bond acceptors (Lipinski definition) is 7. The summed E-state index contributed by atoms with van der Waals surface area (Å²) >= 11 is 0. The highest BCUT2D eigenvalue weighted by molar-refractivity contribution is 6.00. The highest BCUT2D eigenvalue weighted by Gasteiger charge is 2.74. The van der Waals surface area contributed by atoms with Gasteiger partial charge < -0.3 is 25.1 Å². The summed E-state index contributed by atoms with van der Waals surface area (Å²) in [6, 6.07) is 0. The first-order valence-corrected chi connectivity index (χ1v) is 17.8. The Morgan fingerprint density at radius 3 is 2.30 bits per heavy atom. The lowest BCUT2D eigenvalue weighted by Gasteiger charge is -2.70. The van der Waals surface area contributed by atoms with Gasteiger partial charge in [-0.15, -0.1) is 0 Å². The predicted molar refractivity (Wildman–Crippen MR) is 177 cm³/mol. The van der Waals surface area contributed by atoms with Gasteiger partial charge in [0.05, 0.1) is 25.7 Å². The monoisotopic (exact) mass is 643 g/mol. The minimum absolute atomic E-state index is 0.0295. The van der Waals surface area contributed by atoms with Crippen LogP contribution in [0.2, 0.25) is 0 Å². The number of esters is 1.